The van der Waals surface area contributed by atoms with Gasteiger partial charge in [-0.3, -0.25) is 24.8 Å². The third kappa shape index (κ3) is 6.86. The highest BCUT2D eigenvalue weighted by Crippen LogP contribution is 2.33. The van der Waals surface area contributed by atoms with E-state index in [1.54, 1.807) is 18.6 Å². The van der Waals surface area contributed by atoms with E-state index < -0.39 is 5.82 Å². The molecule has 0 unspecified atom stereocenters. The molecule has 1 aliphatic heterocycles. The molecule has 0 radical (unpaired) electrons. The molecule has 0 bridgehead atoms. The summed E-state index contributed by atoms with van der Waals surface area (Å²) >= 11 is 0. The van der Waals surface area contributed by atoms with Crippen molar-refractivity contribution in [3.63, 3.8) is 0 Å². The van der Waals surface area contributed by atoms with Gasteiger partial charge in [0, 0.05) is 42.6 Å². The second kappa shape index (κ2) is 13.7. The Morgan fingerprint density at radius 3 is 2.65 bits per heavy atom. The van der Waals surface area contributed by atoms with Crippen LogP contribution in [0.2, 0.25) is 0 Å². The lowest BCUT2D eigenvalue weighted by atomic mass is 9.87. The lowest BCUT2D eigenvalue weighted by Gasteiger charge is -2.20. The molecule has 2 aliphatic rings. The third-order valence-corrected chi connectivity index (χ3v) is 9.57. The first-order valence-electron chi connectivity index (χ1n) is 17.2. The average molecular weight is 660 g/mol. The van der Waals surface area contributed by atoms with Crippen molar-refractivity contribution in [2.75, 3.05) is 31.6 Å². The van der Waals surface area contributed by atoms with E-state index >= 15 is 0 Å². The van der Waals surface area contributed by atoms with Crippen molar-refractivity contribution < 1.29 is 13.9 Å². The molecule has 2 fully saturated rings. The van der Waals surface area contributed by atoms with E-state index in [0.717, 1.165) is 49.1 Å². The number of anilines is 1. The fourth-order valence-corrected chi connectivity index (χ4v) is 7.08. The zero-order chi connectivity index (χ0) is 33.2. The van der Waals surface area contributed by atoms with Gasteiger partial charge in [0.25, 0.3) is 0 Å². The molecule has 1 aromatic carbocycles. The summed E-state index contributed by atoms with van der Waals surface area (Å²) in [6, 6.07) is 12.2. The number of nitrogens with zero attached hydrogens (tertiary/aromatic N) is 6. The molecule has 11 nitrogen and oxygen atoms in total. The van der Waals surface area contributed by atoms with E-state index in [9.17, 15) is 9.18 Å². The number of H-pyrrole nitrogens is 2. The number of nitrogens with one attached hydrogen (secondary N) is 3. The van der Waals surface area contributed by atoms with E-state index in [-0.39, 0.29) is 5.91 Å². The highest BCUT2D eigenvalue weighted by molar-refractivity contribution is 5.95. The molecule has 12 heteroatoms. The van der Waals surface area contributed by atoms with Gasteiger partial charge >= 0.3 is 0 Å². The molecule has 8 rings (SSSR count). The van der Waals surface area contributed by atoms with Crippen molar-refractivity contribution in [1.29, 1.82) is 0 Å². The van der Waals surface area contributed by atoms with Gasteiger partial charge in [0.2, 0.25) is 5.91 Å². The van der Waals surface area contributed by atoms with Gasteiger partial charge < -0.3 is 15.0 Å². The molecule has 49 heavy (non-hydrogen) atoms. The van der Waals surface area contributed by atoms with Gasteiger partial charge in [-0.15, -0.1) is 0 Å². The summed E-state index contributed by atoms with van der Waals surface area (Å²) in [5, 5.41) is 10.6. The monoisotopic (exact) mass is 659 g/mol. The second-order valence-electron chi connectivity index (χ2n) is 13.1. The molecule has 6 heterocycles. The molecular weight excluding hydrogens is 621 g/mol. The number of ether oxygens (including phenoxy) is 1. The summed E-state index contributed by atoms with van der Waals surface area (Å²) in [5.41, 5.74) is 6.41. The average Bonchev–Trinajstić information content (AvgIpc) is 3.88. The minimum absolute atomic E-state index is 0.0182. The summed E-state index contributed by atoms with van der Waals surface area (Å²) in [6.45, 7) is 3.47. The molecule has 0 spiro atoms. The van der Waals surface area contributed by atoms with Crippen molar-refractivity contribution in [2.45, 2.75) is 51.4 Å². The number of amides is 1. The van der Waals surface area contributed by atoms with Crippen LogP contribution in [-0.4, -0.2) is 72.2 Å². The first-order valence-corrected chi connectivity index (χ1v) is 17.2. The number of aromatic amines is 2. The standard InChI is InChI=1S/C37H38FN9O2/c38-26-17-24(19-28(20-26)49-15-14-47-12-4-5-13-47)33-34-30(10-11-40-33)43-37(44-34)36-35-31(45-46-36)9-8-29(42-35)25-18-27(22-39-21-25)41-32(48)16-23-6-2-1-3-7-23/h8-11,17-23H,1-7,12-16H2,(H,41,48)(H,43,44)(H,45,46). The van der Waals surface area contributed by atoms with Crippen LogP contribution in [0.4, 0.5) is 10.1 Å². The van der Waals surface area contributed by atoms with Gasteiger partial charge in [-0.05, 0) is 81.1 Å². The number of hydrogen-bond acceptors (Lipinski definition) is 8. The second-order valence-corrected chi connectivity index (χ2v) is 13.1. The molecule has 3 N–H and O–H groups in total. The quantitative estimate of drug-likeness (QED) is 0.141. The number of benzene rings is 1. The van der Waals surface area contributed by atoms with Crippen LogP contribution in [0.25, 0.3) is 56.1 Å². The van der Waals surface area contributed by atoms with E-state index in [4.69, 9.17) is 14.7 Å². The van der Waals surface area contributed by atoms with Gasteiger partial charge in [-0.25, -0.2) is 14.4 Å². The number of rotatable bonds is 10. The van der Waals surface area contributed by atoms with Crippen LogP contribution in [0, 0.1) is 11.7 Å². The van der Waals surface area contributed by atoms with Crippen LogP contribution in [0.5, 0.6) is 5.75 Å². The fourth-order valence-electron chi connectivity index (χ4n) is 7.08. The molecule has 250 valence electrons. The number of hydrogen-bond donors (Lipinski definition) is 3. The van der Waals surface area contributed by atoms with Crippen LogP contribution in [-0.2, 0) is 4.79 Å². The maximum absolute atomic E-state index is 14.8. The van der Waals surface area contributed by atoms with E-state index in [2.05, 4.69) is 35.4 Å². The topological polar surface area (TPSA) is 138 Å². The van der Waals surface area contributed by atoms with Crippen LogP contribution < -0.4 is 10.1 Å². The van der Waals surface area contributed by atoms with E-state index in [1.807, 2.05) is 30.3 Å². The maximum Gasteiger partial charge on any atom is 0.224 e. The largest absolute Gasteiger partial charge is 0.492 e. The Morgan fingerprint density at radius 2 is 1.78 bits per heavy atom. The molecule has 1 aliphatic carbocycles. The summed E-state index contributed by atoms with van der Waals surface area (Å²) in [7, 11) is 0. The van der Waals surface area contributed by atoms with Gasteiger partial charge in [0.1, 0.15) is 29.2 Å². The minimum Gasteiger partial charge on any atom is -0.492 e. The number of carbonyl (C=O) groups is 1. The number of aromatic nitrogens is 7. The molecule has 1 amide bonds. The van der Waals surface area contributed by atoms with Gasteiger partial charge in [0.15, 0.2) is 11.5 Å². The van der Waals surface area contributed by atoms with Gasteiger partial charge in [0.05, 0.1) is 34.3 Å². The molecule has 0 atom stereocenters. The zero-order valence-electron chi connectivity index (χ0n) is 27.2. The summed E-state index contributed by atoms with van der Waals surface area (Å²) in [4.78, 5) is 37.3. The van der Waals surface area contributed by atoms with E-state index in [1.165, 1.54) is 44.2 Å². The normalized spacial score (nSPS) is 15.7. The number of pyridine rings is 3. The Bertz CT molecular complexity index is 2110. The lowest BCUT2D eigenvalue weighted by Crippen LogP contribution is -2.25. The first-order chi connectivity index (χ1) is 24.1. The smallest absolute Gasteiger partial charge is 0.224 e. The van der Waals surface area contributed by atoms with Crippen LogP contribution in [0.15, 0.2) is 61.1 Å². The van der Waals surface area contributed by atoms with Crippen molar-refractivity contribution in [3.8, 4) is 39.8 Å². The lowest BCUT2D eigenvalue weighted by molar-refractivity contribution is -0.117. The Labute approximate surface area is 282 Å². The van der Waals surface area contributed by atoms with Crippen LogP contribution in [0.1, 0.15) is 51.4 Å². The predicted molar refractivity (Wildman–Crippen MR) is 186 cm³/mol. The zero-order valence-corrected chi connectivity index (χ0v) is 27.2. The Hall–Kier alpha value is -5.23. The number of carbonyl (C=O) groups excluding carboxylic acids is 1. The third-order valence-electron chi connectivity index (χ3n) is 9.57. The number of likely N-dealkylation sites (tertiary alicyclic amines) is 1. The summed E-state index contributed by atoms with van der Waals surface area (Å²) in [5.74, 6) is 1.03. The van der Waals surface area contributed by atoms with Crippen molar-refractivity contribution in [3.05, 3.63) is 66.9 Å². The van der Waals surface area contributed by atoms with Gasteiger partial charge in [-0.1, -0.05) is 19.3 Å². The number of halogens is 1. The van der Waals surface area contributed by atoms with Crippen molar-refractivity contribution >= 4 is 33.7 Å². The Balaban J connectivity index is 1.05. The molecule has 5 aromatic heterocycles. The predicted octanol–water partition coefficient (Wildman–Crippen LogP) is 7.15. The molecular formula is C37H38FN9O2. The molecule has 1 saturated carbocycles. The van der Waals surface area contributed by atoms with Crippen LogP contribution >= 0.6 is 0 Å². The maximum atomic E-state index is 14.8. The number of imidazole rings is 1. The molecule has 1 saturated heterocycles. The highest BCUT2D eigenvalue weighted by atomic mass is 19.1. The van der Waals surface area contributed by atoms with Gasteiger partial charge in [-0.2, -0.15) is 5.10 Å². The summed E-state index contributed by atoms with van der Waals surface area (Å²) in [6.07, 6.45) is 13.9. The molecule has 6 aromatic rings. The first kappa shape index (κ1) is 31.1. The fraction of sp³-hybridized carbons (Fsp3) is 0.351. The Morgan fingerprint density at radius 1 is 0.918 bits per heavy atom. The Kier molecular flexibility index (Phi) is 8.69. The SMILES string of the molecule is O=C(CC1CCCCC1)Nc1cncc(-c2ccc3[nH]nc(-c4nc5c(-c6cc(F)cc(OCCN7CCCC7)c6)nccc5[nH]4)c3n2)c1. The van der Waals surface area contributed by atoms with Crippen molar-refractivity contribution in [1.82, 2.24) is 40.0 Å². The number of fused-ring (bicyclic) bond motifs is 2. The van der Waals surface area contributed by atoms with Crippen molar-refractivity contribution in [2.24, 2.45) is 5.92 Å². The summed E-state index contributed by atoms with van der Waals surface area (Å²) < 4.78 is 20.8. The van der Waals surface area contributed by atoms with E-state index in [0.29, 0.717) is 69.9 Å². The van der Waals surface area contributed by atoms with Crippen LogP contribution in [0.3, 0.4) is 0 Å². The highest BCUT2D eigenvalue weighted by Gasteiger charge is 2.20. The minimum atomic E-state index is -0.402.